The minimum Gasteiger partial charge on any atom is -0.399 e. The molecule has 98 valence electrons. The smallest absolute Gasteiger partial charge is 0.234 e. The summed E-state index contributed by atoms with van der Waals surface area (Å²) in [5.41, 5.74) is 7.60. The van der Waals surface area contributed by atoms with E-state index in [1.807, 2.05) is 36.2 Å². The monoisotopic (exact) mass is 247 g/mol. The maximum Gasteiger partial charge on any atom is 0.234 e. The first-order chi connectivity index (χ1) is 8.56. The van der Waals surface area contributed by atoms with Crippen LogP contribution in [0.1, 0.15) is 31.4 Å². The van der Waals surface area contributed by atoms with Crippen LogP contribution in [0.15, 0.2) is 24.3 Å². The lowest BCUT2D eigenvalue weighted by Crippen LogP contribution is -2.37. The van der Waals surface area contributed by atoms with Gasteiger partial charge in [0.25, 0.3) is 0 Å². The summed E-state index contributed by atoms with van der Waals surface area (Å²) in [6.07, 6.45) is 2.26. The highest BCUT2D eigenvalue weighted by Crippen LogP contribution is 2.21. The van der Waals surface area contributed by atoms with Gasteiger partial charge in [0, 0.05) is 17.8 Å². The zero-order valence-corrected chi connectivity index (χ0v) is 11.0. The Bertz CT molecular complexity index is 412. The SMILES string of the molecule is CC(c1ccc(N)cc1)N(C)CC(=O)NC1CC1. The first-order valence-electron chi connectivity index (χ1n) is 6.41. The molecule has 4 nitrogen and oxygen atoms in total. The number of benzene rings is 1. The summed E-state index contributed by atoms with van der Waals surface area (Å²) in [5, 5.41) is 3.00. The molecule has 1 saturated carbocycles. The van der Waals surface area contributed by atoms with Crippen LogP contribution in [0.25, 0.3) is 0 Å². The van der Waals surface area contributed by atoms with Gasteiger partial charge in [-0.1, -0.05) is 12.1 Å². The summed E-state index contributed by atoms with van der Waals surface area (Å²) < 4.78 is 0. The molecule has 1 aliphatic carbocycles. The van der Waals surface area contributed by atoms with Crippen molar-refractivity contribution in [2.24, 2.45) is 0 Å². The topological polar surface area (TPSA) is 58.4 Å². The van der Waals surface area contributed by atoms with Crippen LogP contribution in [0.4, 0.5) is 5.69 Å². The van der Waals surface area contributed by atoms with Crippen molar-refractivity contribution in [1.29, 1.82) is 0 Å². The second-order valence-electron chi connectivity index (χ2n) is 5.10. The fourth-order valence-electron chi connectivity index (χ4n) is 1.89. The molecule has 0 spiro atoms. The number of nitrogens with two attached hydrogens (primary N) is 1. The van der Waals surface area contributed by atoms with Crippen molar-refractivity contribution in [3.05, 3.63) is 29.8 Å². The number of carbonyl (C=O) groups is 1. The van der Waals surface area contributed by atoms with Crippen molar-refractivity contribution in [1.82, 2.24) is 10.2 Å². The van der Waals surface area contributed by atoms with Gasteiger partial charge in [-0.25, -0.2) is 0 Å². The summed E-state index contributed by atoms with van der Waals surface area (Å²) in [5.74, 6) is 0.113. The van der Waals surface area contributed by atoms with Crippen molar-refractivity contribution in [3.8, 4) is 0 Å². The number of hydrogen-bond donors (Lipinski definition) is 2. The van der Waals surface area contributed by atoms with Crippen LogP contribution in [0.2, 0.25) is 0 Å². The third kappa shape index (κ3) is 3.47. The molecular formula is C14H21N3O. The zero-order chi connectivity index (χ0) is 13.1. The van der Waals surface area contributed by atoms with Gasteiger partial charge in [0.1, 0.15) is 0 Å². The van der Waals surface area contributed by atoms with Gasteiger partial charge in [0.15, 0.2) is 0 Å². The van der Waals surface area contributed by atoms with E-state index in [0.717, 1.165) is 18.5 Å². The molecule has 1 aliphatic rings. The van der Waals surface area contributed by atoms with Crippen LogP contribution in [0.3, 0.4) is 0 Å². The lowest BCUT2D eigenvalue weighted by Gasteiger charge is -2.24. The molecule has 2 rings (SSSR count). The summed E-state index contributed by atoms with van der Waals surface area (Å²) in [6, 6.07) is 8.44. The van der Waals surface area contributed by atoms with Crippen molar-refractivity contribution in [2.45, 2.75) is 31.8 Å². The number of likely N-dealkylation sites (N-methyl/N-ethyl adjacent to an activating group) is 1. The molecule has 0 radical (unpaired) electrons. The van der Waals surface area contributed by atoms with E-state index in [9.17, 15) is 4.79 Å². The number of nitrogens with one attached hydrogen (secondary N) is 1. The number of anilines is 1. The normalized spacial score (nSPS) is 16.6. The van der Waals surface area contributed by atoms with Crippen LogP contribution in [-0.4, -0.2) is 30.4 Å². The van der Waals surface area contributed by atoms with Crippen molar-refractivity contribution < 1.29 is 4.79 Å². The highest BCUT2D eigenvalue weighted by molar-refractivity contribution is 5.78. The average Bonchev–Trinajstić information content (AvgIpc) is 3.12. The van der Waals surface area contributed by atoms with E-state index in [1.165, 1.54) is 5.56 Å². The number of nitrogens with zero attached hydrogens (tertiary/aromatic N) is 1. The van der Waals surface area contributed by atoms with Crippen molar-refractivity contribution in [2.75, 3.05) is 19.3 Å². The molecule has 3 N–H and O–H groups in total. The molecule has 0 saturated heterocycles. The Kier molecular flexibility index (Phi) is 3.87. The number of carbonyl (C=O) groups excluding carboxylic acids is 1. The fraction of sp³-hybridized carbons (Fsp3) is 0.500. The lowest BCUT2D eigenvalue weighted by molar-refractivity contribution is -0.122. The van der Waals surface area contributed by atoms with Gasteiger partial charge in [-0.3, -0.25) is 9.69 Å². The van der Waals surface area contributed by atoms with Crippen LogP contribution < -0.4 is 11.1 Å². The summed E-state index contributed by atoms with van der Waals surface area (Å²) >= 11 is 0. The van der Waals surface area contributed by atoms with E-state index in [-0.39, 0.29) is 11.9 Å². The van der Waals surface area contributed by atoms with Gasteiger partial charge >= 0.3 is 0 Å². The molecule has 1 unspecified atom stereocenters. The Morgan fingerprint density at radius 1 is 1.44 bits per heavy atom. The van der Waals surface area contributed by atoms with Crippen LogP contribution >= 0.6 is 0 Å². The highest BCUT2D eigenvalue weighted by Gasteiger charge is 2.24. The predicted octanol–water partition coefficient (Wildman–Crippen LogP) is 1.54. The second kappa shape index (κ2) is 5.40. The number of amides is 1. The maximum atomic E-state index is 11.7. The predicted molar refractivity (Wildman–Crippen MR) is 73.1 cm³/mol. The standard InChI is InChI=1S/C14H21N3O/c1-10(11-3-5-12(15)6-4-11)17(2)9-14(18)16-13-7-8-13/h3-6,10,13H,7-9,15H2,1-2H3,(H,16,18). The molecule has 1 aromatic rings. The first kappa shape index (κ1) is 12.9. The Morgan fingerprint density at radius 3 is 2.61 bits per heavy atom. The maximum absolute atomic E-state index is 11.7. The third-order valence-corrected chi connectivity index (χ3v) is 3.42. The molecule has 1 amide bonds. The molecule has 0 aromatic heterocycles. The van der Waals surface area contributed by atoms with Crippen LogP contribution in [-0.2, 0) is 4.79 Å². The van der Waals surface area contributed by atoms with Crippen LogP contribution in [0.5, 0.6) is 0 Å². The summed E-state index contributed by atoms with van der Waals surface area (Å²) in [7, 11) is 1.97. The van der Waals surface area contributed by atoms with Crippen molar-refractivity contribution >= 4 is 11.6 Å². The molecule has 0 bridgehead atoms. The Labute approximate surface area is 108 Å². The second-order valence-corrected chi connectivity index (χ2v) is 5.10. The van der Waals surface area contributed by atoms with Crippen molar-refractivity contribution in [3.63, 3.8) is 0 Å². The van der Waals surface area contributed by atoms with Gasteiger partial charge in [-0.15, -0.1) is 0 Å². The summed E-state index contributed by atoms with van der Waals surface area (Å²) in [6.45, 7) is 2.53. The van der Waals surface area contributed by atoms with E-state index in [1.54, 1.807) is 0 Å². The number of rotatable bonds is 5. The molecule has 4 heteroatoms. The molecule has 18 heavy (non-hydrogen) atoms. The lowest BCUT2D eigenvalue weighted by atomic mass is 10.1. The van der Waals surface area contributed by atoms with E-state index in [2.05, 4.69) is 12.2 Å². The highest BCUT2D eigenvalue weighted by atomic mass is 16.2. The largest absolute Gasteiger partial charge is 0.399 e. The number of hydrogen-bond acceptors (Lipinski definition) is 3. The third-order valence-electron chi connectivity index (χ3n) is 3.42. The molecule has 0 heterocycles. The Balaban J connectivity index is 1.88. The Hall–Kier alpha value is -1.55. The van der Waals surface area contributed by atoms with E-state index >= 15 is 0 Å². The molecule has 1 fully saturated rings. The Morgan fingerprint density at radius 2 is 2.06 bits per heavy atom. The minimum atomic E-state index is 0.113. The van der Waals surface area contributed by atoms with Gasteiger partial charge in [0.05, 0.1) is 6.54 Å². The van der Waals surface area contributed by atoms with Gasteiger partial charge in [0.2, 0.25) is 5.91 Å². The minimum absolute atomic E-state index is 0.113. The first-order valence-corrected chi connectivity index (χ1v) is 6.41. The molecule has 0 aliphatic heterocycles. The number of nitrogen functional groups attached to an aromatic ring is 1. The molecule has 1 aromatic carbocycles. The van der Waals surface area contributed by atoms with Gasteiger partial charge < -0.3 is 11.1 Å². The van der Waals surface area contributed by atoms with Crippen LogP contribution in [0, 0.1) is 0 Å². The molecule has 1 atom stereocenters. The van der Waals surface area contributed by atoms with Gasteiger partial charge in [-0.2, -0.15) is 0 Å². The van der Waals surface area contributed by atoms with E-state index < -0.39 is 0 Å². The quantitative estimate of drug-likeness (QED) is 0.776. The zero-order valence-electron chi connectivity index (χ0n) is 11.0. The average molecular weight is 247 g/mol. The summed E-state index contributed by atoms with van der Waals surface area (Å²) in [4.78, 5) is 13.8. The van der Waals surface area contributed by atoms with E-state index in [0.29, 0.717) is 12.6 Å². The fourth-order valence-corrected chi connectivity index (χ4v) is 1.89. The van der Waals surface area contributed by atoms with Gasteiger partial charge in [-0.05, 0) is 44.5 Å². The molecular weight excluding hydrogens is 226 g/mol. The van der Waals surface area contributed by atoms with E-state index in [4.69, 9.17) is 5.73 Å².